The van der Waals surface area contributed by atoms with E-state index in [0.717, 1.165) is 19.6 Å². The predicted molar refractivity (Wildman–Crippen MR) is 71.0 cm³/mol. The molecule has 4 heteroatoms. The molecule has 0 bridgehead atoms. The molecule has 94 valence electrons. The lowest BCUT2D eigenvalue weighted by Gasteiger charge is -2.28. The maximum absolute atomic E-state index is 11.8. The molecule has 1 N–H and O–H groups in total. The first-order chi connectivity index (χ1) is 7.67. The fourth-order valence-corrected chi connectivity index (χ4v) is 3.25. The average molecular weight is 244 g/mol. The van der Waals surface area contributed by atoms with E-state index in [4.69, 9.17) is 0 Å². The zero-order chi connectivity index (χ0) is 12.0. The minimum absolute atomic E-state index is 0.0883. The molecule has 1 fully saturated rings. The van der Waals surface area contributed by atoms with Gasteiger partial charge in [0.25, 0.3) is 0 Å². The Balaban J connectivity index is 2.40. The number of hydrogen-bond donors (Lipinski definition) is 1. The Morgan fingerprint density at radius 1 is 1.31 bits per heavy atom. The van der Waals surface area contributed by atoms with Gasteiger partial charge in [0.15, 0.2) is 0 Å². The van der Waals surface area contributed by atoms with Crippen molar-refractivity contribution in [3.63, 3.8) is 0 Å². The lowest BCUT2D eigenvalue weighted by atomic mass is 10.1. The fourth-order valence-electron chi connectivity index (χ4n) is 2.33. The van der Waals surface area contributed by atoms with Crippen LogP contribution in [0.3, 0.4) is 0 Å². The molecule has 1 rings (SSSR count). The Morgan fingerprint density at radius 2 is 1.88 bits per heavy atom. The average Bonchev–Trinajstić information content (AvgIpc) is 2.77. The van der Waals surface area contributed by atoms with Gasteiger partial charge in [0.05, 0.1) is 0 Å². The van der Waals surface area contributed by atoms with E-state index in [1.165, 1.54) is 25.7 Å². The second kappa shape index (κ2) is 6.38. The number of nitrogens with one attached hydrogen (secondary N) is 1. The van der Waals surface area contributed by atoms with Gasteiger partial charge in [0, 0.05) is 24.4 Å². The Morgan fingerprint density at radius 3 is 2.31 bits per heavy atom. The van der Waals surface area contributed by atoms with Crippen LogP contribution in [0.15, 0.2) is 0 Å². The lowest BCUT2D eigenvalue weighted by Crippen LogP contribution is -2.45. The van der Waals surface area contributed by atoms with E-state index in [1.807, 2.05) is 30.5 Å². The van der Waals surface area contributed by atoms with Crippen LogP contribution in [0.25, 0.3) is 0 Å². The van der Waals surface area contributed by atoms with Gasteiger partial charge in [-0.05, 0) is 32.9 Å². The van der Waals surface area contributed by atoms with Crippen molar-refractivity contribution < 1.29 is 4.79 Å². The molecule has 0 unspecified atom stereocenters. The number of amides is 2. The standard InChI is InChI=1S/C12H24N2OS/c1-4-14(5-2)11(15)13-10-12(16-3)8-6-7-9-12/h4-10H2,1-3H3,(H,13,15). The third-order valence-electron chi connectivity index (χ3n) is 3.56. The maximum Gasteiger partial charge on any atom is 0.317 e. The Kier molecular flexibility index (Phi) is 5.46. The van der Waals surface area contributed by atoms with E-state index in [0.29, 0.717) is 4.75 Å². The van der Waals surface area contributed by atoms with Crippen LogP contribution >= 0.6 is 11.8 Å². The fraction of sp³-hybridized carbons (Fsp3) is 0.917. The van der Waals surface area contributed by atoms with Gasteiger partial charge in [0.1, 0.15) is 0 Å². The maximum atomic E-state index is 11.8. The molecule has 1 aliphatic carbocycles. The smallest absolute Gasteiger partial charge is 0.317 e. The number of nitrogens with zero attached hydrogens (tertiary/aromatic N) is 1. The van der Waals surface area contributed by atoms with E-state index < -0.39 is 0 Å². The zero-order valence-corrected chi connectivity index (χ0v) is 11.5. The summed E-state index contributed by atoms with van der Waals surface area (Å²) < 4.78 is 0.308. The molecular weight excluding hydrogens is 220 g/mol. The molecule has 0 heterocycles. The van der Waals surface area contributed by atoms with Crippen LogP contribution < -0.4 is 5.32 Å². The van der Waals surface area contributed by atoms with E-state index in [2.05, 4.69) is 11.6 Å². The highest BCUT2D eigenvalue weighted by Gasteiger charge is 2.33. The molecule has 1 saturated carbocycles. The summed E-state index contributed by atoms with van der Waals surface area (Å²) in [5.41, 5.74) is 0. The third-order valence-corrected chi connectivity index (χ3v) is 4.98. The van der Waals surface area contributed by atoms with Gasteiger partial charge in [-0.3, -0.25) is 0 Å². The van der Waals surface area contributed by atoms with Crippen LogP contribution in [0.4, 0.5) is 4.79 Å². The third kappa shape index (κ3) is 3.30. The number of hydrogen-bond acceptors (Lipinski definition) is 2. The first-order valence-electron chi connectivity index (χ1n) is 6.25. The SMILES string of the molecule is CCN(CC)C(=O)NCC1(SC)CCCC1. The van der Waals surface area contributed by atoms with Crippen LogP contribution in [-0.2, 0) is 0 Å². The van der Waals surface area contributed by atoms with Crippen molar-refractivity contribution in [2.75, 3.05) is 25.9 Å². The Hall–Kier alpha value is -0.380. The van der Waals surface area contributed by atoms with Crippen molar-refractivity contribution in [2.24, 2.45) is 0 Å². The predicted octanol–water partition coefficient (Wildman–Crippen LogP) is 2.71. The molecule has 16 heavy (non-hydrogen) atoms. The van der Waals surface area contributed by atoms with Gasteiger partial charge < -0.3 is 10.2 Å². The summed E-state index contributed by atoms with van der Waals surface area (Å²) in [5.74, 6) is 0. The van der Waals surface area contributed by atoms with Gasteiger partial charge in [-0.25, -0.2) is 4.79 Å². The molecule has 0 aromatic rings. The largest absolute Gasteiger partial charge is 0.337 e. The molecule has 0 radical (unpaired) electrons. The van der Waals surface area contributed by atoms with Crippen LogP contribution in [0.1, 0.15) is 39.5 Å². The van der Waals surface area contributed by atoms with Gasteiger partial charge >= 0.3 is 6.03 Å². The lowest BCUT2D eigenvalue weighted by molar-refractivity contribution is 0.202. The number of thioether (sulfide) groups is 1. The molecule has 0 aliphatic heterocycles. The summed E-state index contributed by atoms with van der Waals surface area (Å²) in [6, 6.07) is 0.0883. The topological polar surface area (TPSA) is 32.3 Å². The summed E-state index contributed by atoms with van der Waals surface area (Å²) in [6.45, 7) is 6.43. The van der Waals surface area contributed by atoms with Gasteiger partial charge in [-0.15, -0.1) is 0 Å². The zero-order valence-electron chi connectivity index (χ0n) is 10.7. The molecule has 0 aromatic carbocycles. The highest BCUT2D eigenvalue weighted by Crippen LogP contribution is 2.39. The van der Waals surface area contributed by atoms with Crippen molar-refractivity contribution in [3.8, 4) is 0 Å². The molecule has 1 aliphatic rings. The second-order valence-electron chi connectivity index (χ2n) is 4.43. The monoisotopic (exact) mass is 244 g/mol. The number of carbonyl (C=O) groups excluding carboxylic acids is 1. The van der Waals surface area contributed by atoms with Crippen LogP contribution in [0.5, 0.6) is 0 Å². The quantitative estimate of drug-likeness (QED) is 0.806. The summed E-state index contributed by atoms with van der Waals surface area (Å²) in [4.78, 5) is 13.7. The Labute approximate surface area is 103 Å². The molecule has 0 spiro atoms. The molecule has 3 nitrogen and oxygen atoms in total. The van der Waals surface area contributed by atoms with Crippen molar-refractivity contribution >= 4 is 17.8 Å². The van der Waals surface area contributed by atoms with Gasteiger partial charge in [-0.1, -0.05) is 12.8 Å². The highest BCUT2D eigenvalue weighted by molar-refractivity contribution is 8.00. The van der Waals surface area contributed by atoms with Crippen LogP contribution in [0, 0.1) is 0 Å². The van der Waals surface area contributed by atoms with Crippen molar-refractivity contribution in [1.29, 1.82) is 0 Å². The minimum atomic E-state index is 0.0883. The summed E-state index contributed by atoms with van der Waals surface area (Å²) in [5, 5.41) is 3.08. The summed E-state index contributed by atoms with van der Waals surface area (Å²) >= 11 is 1.92. The molecular formula is C12H24N2OS. The molecule has 0 saturated heterocycles. The first kappa shape index (κ1) is 13.7. The van der Waals surface area contributed by atoms with Gasteiger partial charge in [-0.2, -0.15) is 11.8 Å². The number of carbonyl (C=O) groups is 1. The van der Waals surface area contributed by atoms with Gasteiger partial charge in [0.2, 0.25) is 0 Å². The molecule has 0 aromatic heterocycles. The van der Waals surface area contributed by atoms with E-state index in [-0.39, 0.29) is 6.03 Å². The first-order valence-corrected chi connectivity index (χ1v) is 7.48. The van der Waals surface area contributed by atoms with Crippen LogP contribution in [-0.4, -0.2) is 41.6 Å². The molecule has 0 atom stereocenters. The Bertz CT molecular complexity index is 223. The van der Waals surface area contributed by atoms with E-state index >= 15 is 0 Å². The van der Waals surface area contributed by atoms with E-state index in [9.17, 15) is 4.79 Å². The van der Waals surface area contributed by atoms with Crippen molar-refractivity contribution in [1.82, 2.24) is 10.2 Å². The normalized spacial score (nSPS) is 18.4. The summed E-state index contributed by atoms with van der Waals surface area (Å²) in [7, 11) is 0. The second-order valence-corrected chi connectivity index (χ2v) is 5.70. The van der Waals surface area contributed by atoms with Crippen LogP contribution in [0.2, 0.25) is 0 Å². The summed E-state index contributed by atoms with van der Waals surface area (Å²) in [6.07, 6.45) is 7.26. The number of urea groups is 1. The van der Waals surface area contributed by atoms with E-state index in [1.54, 1.807) is 0 Å². The minimum Gasteiger partial charge on any atom is -0.337 e. The highest BCUT2D eigenvalue weighted by atomic mass is 32.2. The number of rotatable bonds is 5. The molecule has 2 amide bonds. The van der Waals surface area contributed by atoms with Crippen molar-refractivity contribution in [3.05, 3.63) is 0 Å². The van der Waals surface area contributed by atoms with Crippen molar-refractivity contribution in [2.45, 2.75) is 44.3 Å².